The molecule has 0 saturated carbocycles. The molecule has 2 amide bonds. The van der Waals surface area contributed by atoms with Crippen molar-refractivity contribution < 1.29 is 18.4 Å². The summed E-state index contributed by atoms with van der Waals surface area (Å²) in [5.74, 6) is -4.25. The molecular formula is C18H18F2N4O2. The number of rotatable bonds is 4. The molecule has 136 valence electrons. The summed E-state index contributed by atoms with van der Waals surface area (Å²) in [4.78, 5) is 25.3. The first-order valence-corrected chi connectivity index (χ1v) is 8.12. The minimum Gasteiger partial charge on any atom is -0.340 e. The highest BCUT2D eigenvalue weighted by molar-refractivity contribution is 5.92. The van der Waals surface area contributed by atoms with Crippen molar-refractivity contribution in [1.29, 1.82) is 0 Å². The molecule has 1 aromatic carbocycles. The zero-order valence-electron chi connectivity index (χ0n) is 13.9. The lowest BCUT2D eigenvalue weighted by Gasteiger charge is -2.38. The zero-order valence-corrected chi connectivity index (χ0v) is 13.9. The number of para-hydroxylation sites is 1. The molecule has 0 aliphatic carbocycles. The highest BCUT2D eigenvalue weighted by Gasteiger charge is 2.45. The molecule has 1 aliphatic rings. The van der Waals surface area contributed by atoms with Crippen LogP contribution in [0.5, 0.6) is 0 Å². The zero-order chi connectivity index (χ0) is 18.7. The molecule has 1 saturated heterocycles. The van der Waals surface area contributed by atoms with E-state index < -0.39 is 30.2 Å². The van der Waals surface area contributed by atoms with Crippen LogP contribution in [0.2, 0.25) is 0 Å². The molecule has 2 aromatic rings. The number of hydrogen-bond acceptors (Lipinski definition) is 3. The first-order chi connectivity index (χ1) is 12.4. The predicted octanol–water partition coefficient (Wildman–Crippen LogP) is 2.02. The van der Waals surface area contributed by atoms with Gasteiger partial charge in [-0.3, -0.25) is 9.59 Å². The fourth-order valence-electron chi connectivity index (χ4n) is 2.79. The number of aromatic nitrogens is 2. The standard InChI is InChI=1S/C18H18F2N4O2/c1-2-16(25)23-11-9-18(19,20)15(12-23)21-17(26)14-8-10-24(22-14)13-6-4-3-5-7-13/h2-8,10,15H,1,9,11-12H2,(H,21,26)/t15-/m1/s1. The Labute approximate surface area is 149 Å². The maximum absolute atomic E-state index is 14.2. The second kappa shape index (κ2) is 7.07. The van der Waals surface area contributed by atoms with Crippen LogP contribution in [0, 0.1) is 0 Å². The number of piperidine rings is 1. The number of likely N-dealkylation sites (tertiary alicyclic amines) is 1. The van der Waals surface area contributed by atoms with E-state index in [0.717, 1.165) is 11.8 Å². The van der Waals surface area contributed by atoms with Crippen LogP contribution in [-0.4, -0.2) is 51.5 Å². The Morgan fingerprint density at radius 1 is 1.27 bits per heavy atom. The number of hydrogen-bond donors (Lipinski definition) is 1. The Morgan fingerprint density at radius 2 is 2.00 bits per heavy atom. The number of nitrogens with zero attached hydrogens (tertiary/aromatic N) is 3. The molecule has 1 N–H and O–H groups in total. The van der Waals surface area contributed by atoms with E-state index in [9.17, 15) is 18.4 Å². The van der Waals surface area contributed by atoms with Gasteiger partial charge >= 0.3 is 0 Å². The van der Waals surface area contributed by atoms with Crippen molar-refractivity contribution in [3.63, 3.8) is 0 Å². The van der Waals surface area contributed by atoms with E-state index in [1.54, 1.807) is 6.20 Å². The third-order valence-electron chi connectivity index (χ3n) is 4.26. The highest BCUT2D eigenvalue weighted by Crippen LogP contribution is 2.28. The van der Waals surface area contributed by atoms with Crippen molar-refractivity contribution in [2.75, 3.05) is 13.1 Å². The number of alkyl halides is 2. The van der Waals surface area contributed by atoms with Crippen LogP contribution in [0.15, 0.2) is 55.3 Å². The number of benzene rings is 1. The SMILES string of the molecule is C=CC(=O)N1CCC(F)(F)[C@H](NC(=O)c2ccn(-c3ccccc3)n2)C1. The quantitative estimate of drug-likeness (QED) is 0.849. The molecule has 8 heteroatoms. The van der Waals surface area contributed by atoms with Crippen molar-refractivity contribution >= 4 is 11.8 Å². The van der Waals surface area contributed by atoms with Crippen molar-refractivity contribution in [3.8, 4) is 5.69 Å². The van der Waals surface area contributed by atoms with E-state index in [1.807, 2.05) is 30.3 Å². The number of carbonyl (C=O) groups is 2. The minimum absolute atomic E-state index is 0.0248. The van der Waals surface area contributed by atoms with Crippen LogP contribution in [0.3, 0.4) is 0 Å². The van der Waals surface area contributed by atoms with Gasteiger partial charge in [0.25, 0.3) is 11.8 Å². The molecule has 26 heavy (non-hydrogen) atoms. The van der Waals surface area contributed by atoms with Crippen LogP contribution in [-0.2, 0) is 4.79 Å². The van der Waals surface area contributed by atoms with Gasteiger partial charge in [-0.2, -0.15) is 5.10 Å². The second-order valence-electron chi connectivity index (χ2n) is 6.01. The Kier molecular flexibility index (Phi) is 4.83. The number of carbonyl (C=O) groups excluding carboxylic acids is 2. The third-order valence-corrected chi connectivity index (χ3v) is 4.26. The Hall–Kier alpha value is -3.03. The monoisotopic (exact) mass is 360 g/mol. The predicted molar refractivity (Wildman–Crippen MR) is 91.2 cm³/mol. The number of amides is 2. The largest absolute Gasteiger partial charge is 0.340 e. The highest BCUT2D eigenvalue weighted by atomic mass is 19.3. The van der Waals surface area contributed by atoms with Crippen molar-refractivity contribution in [1.82, 2.24) is 20.0 Å². The fraction of sp³-hybridized carbons (Fsp3) is 0.278. The van der Waals surface area contributed by atoms with Gasteiger partial charge in [-0.1, -0.05) is 24.8 Å². The smallest absolute Gasteiger partial charge is 0.272 e. The molecule has 6 nitrogen and oxygen atoms in total. The summed E-state index contributed by atoms with van der Waals surface area (Å²) in [5.41, 5.74) is 0.772. The van der Waals surface area contributed by atoms with E-state index in [-0.39, 0.29) is 18.8 Å². The van der Waals surface area contributed by atoms with Gasteiger partial charge in [0, 0.05) is 25.7 Å². The molecule has 1 aromatic heterocycles. The summed E-state index contributed by atoms with van der Waals surface area (Å²) in [7, 11) is 0. The fourth-order valence-corrected chi connectivity index (χ4v) is 2.79. The van der Waals surface area contributed by atoms with E-state index in [1.165, 1.54) is 15.6 Å². The maximum Gasteiger partial charge on any atom is 0.272 e. The van der Waals surface area contributed by atoms with Crippen LogP contribution >= 0.6 is 0 Å². The normalized spacial score (nSPS) is 19.0. The molecule has 2 heterocycles. The molecule has 0 radical (unpaired) electrons. The minimum atomic E-state index is -3.10. The lowest BCUT2D eigenvalue weighted by atomic mass is 10.0. The number of halogens is 2. The molecule has 1 atom stereocenters. The van der Waals surface area contributed by atoms with Gasteiger partial charge in [-0.25, -0.2) is 13.5 Å². The lowest BCUT2D eigenvalue weighted by molar-refractivity contribution is -0.135. The second-order valence-corrected chi connectivity index (χ2v) is 6.01. The Balaban J connectivity index is 1.73. The average Bonchev–Trinajstić information content (AvgIpc) is 3.14. The van der Waals surface area contributed by atoms with Crippen molar-refractivity contribution in [2.24, 2.45) is 0 Å². The average molecular weight is 360 g/mol. The molecule has 1 fully saturated rings. The maximum atomic E-state index is 14.2. The summed E-state index contributed by atoms with van der Waals surface area (Å²) >= 11 is 0. The van der Waals surface area contributed by atoms with Gasteiger partial charge in [0.2, 0.25) is 5.91 Å². The van der Waals surface area contributed by atoms with Gasteiger partial charge in [0.1, 0.15) is 6.04 Å². The van der Waals surface area contributed by atoms with Crippen LogP contribution in [0.25, 0.3) is 5.69 Å². The van der Waals surface area contributed by atoms with E-state index >= 15 is 0 Å². The van der Waals surface area contributed by atoms with E-state index in [4.69, 9.17) is 0 Å². The molecule has 1 aliphatic heterocycles. The van der Waals surface area contributed by atoms with Crippen LogP contribution in [0.1, 0.15) is 16.9 Å². The third kappa shape index (κ3) is 3.63. The Bertz CT molecular complexity index is 820. The first-order valence-electron chi connectivity index (χ1n) is 8.12. The van der Waals surface area contributed by atoms with Crippen molar-refractivity contribution in [3.05, 3.63) is 60.9 Å². The molecular weight excluding hydrogens is 342 g/mol. The summed E-state index contributed by atoms with van der Waals surface area (Å²) in [5, 5.41) is 6.43. The van der Waals surface area contributed by atoms with Gasteiger partial charge in [0.05, 0.1) is 5.69 Å². The first kappa shape index (κ1) is 17.8. The summed E-state index contributed by atoms with van der Waals surface area (Å²) in [6.45, 7) is 3.01. The molecule has 0 bridgehead atoms. The van der Waals surface area contributed by atoms with Gasteiger partial charge in [-0.15, -0.1) is 0 Å². The van der Waals surface area contributed by atoms with Gasteiger partial charge in [0.15, 0.2) is 5.69 Å². The lowest BCUT2D eigenvalue weighted by Crippen LogP contribution is -2.59. The van der Waals surface area contributed by atoms with Crippen molar-refractivity contribution in [2.45, 2.75) is 18.4 Å². The molecule has 3 rings (SSSR count). The van der Waals surface area contributed by atoms with Crippen LogP contribution in [0.4, 0.5) is 8.78 Å². The summed E-state index contributed by atoms with van der Waals surface area (Å²) in [6, 6.07) is 9.09. The van der Waals surface area contributed by atoms with E-state index in [0.29, 0.717) is 0 Å². The summed E-state index contributed by atoms with van der Waals surface area (Å²) in [6.07, 6.45) is 2.14. The topological polar surface area (TPSA) is 67.2 Å². The van der Waals surface area contributed by atoms with Gasteiger partial charge < -0.3 is 10.2 Å². The summed E-state index contributed by atoms with van der Waals surface area (Å²) < 4.78 is 29.8. The van der Waals surface area contributed by atoms with E-state index in [2.05, 4.69) is 17.0 Å². The molecule has 0 unspecified atom stereocenters. The number of nitrogens with one attached hydrogen (secondary N) is 1. The Morgan fingerprint density at radius 3 is 2.69 bits per heavy atom. The van der Waals surface area contributed by atoms with Gasteiger partial charge in [-0.05, 0) is 24.3 Å². The molecule has 0 spiro atoms. The van der Waals surface area contributed by atoms with Crippen LogP contribution < -0.4 is 5.32 Å².